The van der Waals surface area contributed by atoms with E-state index in [1.54, 1.807) is 13.8 Å². The number of hydrogen-bond acceptors (Lipinski definition) is 5. The predicted molar refractivity (Wildman–Crippen MR) is 512 cm³/mol. The van der Waals surface area contributed by atoms with Gasteiger partial charge < -0.3 is 14.1 Å². The summed E-state index contributed by atoms with van der Waals surface area (Å²) in [5.41, 5.74) is -0.321. The molecule has 0 aromatic carbocycles. The topological polar surface area (TPSA) is 69.7 Å². The molecule has 1 aliphatic heterocycles. The van der Waals surface area contributed by atoms with Gasteiger partial charge >= 0.3 is 7.12 Å². The Bertz CT molecular complexity index is 493. The Labute approximate surface area is 650 Å². The van der Waals surface area contributed by atoms with Crippen LogP contribution >= 0.6 is 0 Å². The van der Waals surface area contributed by atoms with Gasteiger partial charge in [-0.1, -0.05) is 479 Å². The van der Waals surface area contributed by atoms with Crippen LogP contribution in [0.25, 0.3) is 0 Å². The first-order chi connectivity index (χ1) is 39.0. The molecule has 21 radical (unpaired) electrons. The van der Waals surface area contributed by atoms with E-state index in [1.807, 2.05) is 374 Å². The molecule has 0 spiro atoms. The molecule has 1 rings (SSSR count). The largest absolute Gasteiger partial charge is 0.454 e. The molecule has 0 amide bonds. The second kappa shape index (κ2) is 793. The minimum Gasteiger partial charge on any atom is -0.403 e. The summed E-state index contributed by atoms with van der Waals surface area (Å²) in [6.45, 7) is 128. The average molecular weight is 1410 g/mol. The molecule has 0 aromatic heterocycles. The molecule has 1 aliphatic rings. The van der Waals surface area contributed by atoms with E-state index >= 15 is 0 Å². The highest BCUT2D eigenvalue weighted by Crippen LogP contribution is 2.36. The molecular formula is C81H235B8O5S. The molecule has 5 nitrogen and oxygen atoms in total. The second-order valence-corrected chi connectivity index (χ2v) is 10.5. The summed E-state index contributed by atoms with van der Waals surface area (Å²) in [5.74, 6) is 0.498. The van der Waals surface area contributed by atoms with Gasteiger partial charge in [-0.15, -0.1) is 0 Å². The molecule has 0 saturated carbocycles. The van der Waals surface area contributed by atoms with Gasteiger partial charge in [-0.3, -0.25) is 0 Å². The average Bonchev–Trinajstić information content (AvgIpc) is 3.82. The molecule has 0 bridgehead atoms. The van der Waals surface area contributed by atoms with Crippen LogP contribution in [-0.4, -0.2) is 103 Å². The van der Waals surface area contributed by atoms with Gasteiger partial charge in [-0.05, 0) is 41.4 Å². The van der Waals surface area contributed by atoms with Crippen LogP contribution in [0.4, 0.5) is 0 Å². The first-order valence-corrected chi connectivity index (χ1v) is 39.1. The van der Waals surface area contributed by atoms with Crippen LogP contribution < -0.4 is 0 Å². The number of ketones is 1. The van der Waals surface area contributed by atoms with Crippen molar-refractivity contribution in [3.63, 3.8) is 0 Å². The molecule has 95 heavy (non-hydrogen) atoms. The number of sulfone groups is 1. The highest BCUT2D eigenvalue weighted by Gasteiger charge is 2.48. The predicted octanol–water partition coefficient (Wildman–Crippen LogP) is 34.8. The van der Waals surface area contributed by atoms with Crippen molar-refractivity contribution in [3.05, 3.63) is 0 Å². The van der Waals surface area contributed by atoms with Crippen molar-refractivity contribution in [1.82, 2.24) is 0 Å². The number of Topliss-reactive ketones (excluding diaryl/α,β-unsaturated/α-hetero) is 1. The molecular weight excluding hydrogens is 1170 g/mol. The smallest absolute Gasteiger partial charge is 0.403 e. The SMILES string of the molecule is C.C.C.C.C.C.C.CB1OC(C)(C)C(C)(C)O1.CC.CC.CC.CC.CC.CC.CC.CC.CC.CC.CC.CC.CC.CC.CC.CC.CC.CC.CC.CC.CC.CC.CC.CC.CC.CC.CCC(C)=O.CCCC.CCCC.CCS(C)(=O)=O.[B].[B].[B].[B].[B].[B].[B]. The zero-order valence-corrected chi connectivity index (χ0v) is 78.6. The zero-order valence-electron chi connectivity index (χ0n) is 77.8. The molecule has 0 aliphatic carbocycles. The fourth-order valence-corrected chi connectivity index (χ4v) is 1.14. The van der Waals surface area contributed by atoms with E-state index < -0.39 is 9.84 Å². The van der Waals surface area contributed by atoms with Crippen LogP contribution in [0.2, 0.25) is 6.82 Å². The summed E-state index contributed by atoms with van der Waals surface area (Å²) in [6.07, 6.45) is 7.16. The van der Waals surface area contributed by atoms with Crippen LogP contribution in [-0.2, 0) is 23.9 Å². The van der Waals surface area contributed by atoms with Crippen LogP contribution in [0.1, 0.15) is 520 Å². The maximum absolute atomic E-state index is 10.0. The van der Waals surface area contributed by atoms with Crippen molar-refractivity contribution < 1.29 is 22.5 Å². The van der Waals surface area contributed by atoms with Crippen molar-refractivity contribution in [3.8, 4) is 0 Å². The van der Waals surface area contributed by atoms with Crippen molar-refractivity contribution >= 4 is 81.6 Å². The first kappa shape index (κ1) is 323. The van der Waals surface area contributed by atoms with Gasteiger partial charge in [0.05, 0.1) is 11.2 Å². The van der Waals surface area contributed by atoms with Crippen LogP contribution in [0, 0.1) is 0 Å². The Balaban J connectivity index is -0.00000000685. The summed E-state index contributed by atoms with van der Waals surface area (Å²) in [6, 6.07) is 0. The maximum Gasteiger partial charge on any atom is 0.454 e. The Kier molecular flexibility index (Phi) is 2690. The molecule has 14 heteroatoms. The molecule has 0 aromatic rings. The first-order valence-electron chi connectivity index (χ1n) is 37.0. The van der Waals surface area contributed by atoms with Gasteiger partial charge in [-0.2, -0.15) is 0 Å². The molecule has 619 valence electrons. The molecule has 0 unspecified atom stereocenters. The molecule has 0 atom stereocenters. The van der Waals surface area contributed by atoms with Gasteiger partial charge in [-0.25, -0.2) is 8.42 Å². The van der Waals surface area contributed by atoms with Crippen molar-refractivity contribution in [2.75, 3.05) is 12.0 Å². The summed E-state index contributed by atoms with van der Waals surface area (Å²) in [5, 5.41) is 0. The fraction of sp³-hybridized carbons (Fsp3) is 0.988. The number of carbonyl (C=O) groups is 1. The van der Waals surface area contributed by atoms with Gasteiger partial charge in [0, 0.05) is 77.3 Å². The number of carbonyl (C=O) groups excluding carboxylic acids is 1. The van der Waals surface area contributed by atoms with E-state index in [9.17, 15) is 13.2 Å². The van der Waals surface area contributed by atoms with E-state index in [2.05, 4.69) is 55.4 Å². The highest BCUT2D eigenvalue weighted by molar-refractivity contribution is 7.90. The minimum absolute atomic E-state index is 0. The number of rotatable bonds is 4. The molecule has 1 heterocycles. The van der Waals surface area contributed by atoms with E-state index in [1.165, 1.54) is 31.9 Å². The summed E-state index contributed by atoms with van der Waals surface area (Å²) in [4.78, 5) is 9.81. The number of hydrogen-bond donors (Lipinski definition) is 0. The third kappa shape index (κ3) is 1170. The van der Waals surface area contributed by atoms with Crippen LogP contribution in [0.15, 0.2) is 0 Å². The summed E-state index contributed by atoms with van der Waals surface area (Å²) in [7, 11) is -2.73. The van der Waals surface area contributed by atoms with E-state index in [0.717, 1.165) is 0 Å². The van der Waals surface area contributed by atoms with Gasteiger partial charge in [0.1, 0.15) is 15.6 Å². The van der Waals surface area contributed by atoms with Crippen LogP contribution in [0.5, 0.6) is 0 Å². The Morgan fingerprint density at radius 3 is 0.347 bits per heavy atom. The van der Waals surface area contributed by atoms with Gasteiger partial charge in [0.25, 0.3) is 0 Å². The lowest BCUT2D eigenvalue weighted by Crippen LogP contribution is -2.41. The Hall–Kier alpha value is 0.0595. The lowest BCUT2D eigenvalue weighted by Gasteiger charge is -2.32. The quantitative estimate of drug-likeness (QED) is 0.262. The zero-order chi connectivity index (χ0) is 76.3. The Morgan fingerprint density at radius 1 is 0.274 bits per heavy atom. The minimum atomic E-state index is -2.66. The van der Waals surface area contributed by atoms with Crippen molar-refractivity contribution in [1.29, 1.82) is 0 Å². The maximum atomic E-state index is 10.0. The fourth-order valence-electron chi connectivity index (χ4n) is 1.14. The number of unbranched alkanes of at least 4 members (excludes halogenated alkanes) is 2. The standard InChI is InChI=1S/C7H15BO2.C4H8O.2C4H10.C3H8O2S.26C2H6.7CH4.7B/c1-6(2)7(3,4)10-8(5)9-6;1-3-4(2)5;2*1-3-4-2;1-3-6(2,4)5;26*1-2;;;;;;;;;;;;;;/h1-5H3;3H2,1-2H3;2*3-4H2,1-2H3;3H2,1-2H3;26*1-2H3;7*1H4;;;;;;;. The lowest BCUT2D eigenvalue weighted by molar-refractivity contribution is -0.116. The normalized spacial score (nSPS) is 6.47. The van der Waals surface area contributed by atoms with E-state index in [-0.39, 0.29) is 141 Å². The van der Waals surface area contributed by atoms with E-state index in [0.29, 0.717) is 6.42 Å². The Morgan fingerprint density at radius 2 is 0.337 bits per heavy atom. The summed E-state index contributed by atoms with van der Waals surface area (Å²) < 4.78 is 31.1. The van der Waals surface area contributed by atoms with E-state index in [4.69, 9.17) is 9.31 Å². The summed E-state index contributed by atoms with van der Waals surface area (Å²) >= 11 is 0. The molecule has 1 fully saturated rings. The second-order valence-electron chi connectivity index (χ2n) is 8.09. The van der Waals surface area contributed by atoms with Gasteiger partial charge in [0.15, 0.2) is 0 Å². The third-order valence-electron chi connectivity index (χ3n) is 4.39. The third-order valence-corrected chi connectivity index (χ3v) is 5.44. The highest BCUT2D eigenvalue weighted by atomic mass is 32.2. The molecule has 0 N–H and O–H groups in total. The van der Waals surface area contributed by atoms with Crippen molar-refractivity contribution in [2.45, 2.75) is 538 Å². The van der Waals surface area contributed by atoms with Crippen molar-refractivity contribution in [2.24, 2.45) is 0 Å². The monoisotopic (exact) mass is 1410 g/mol. The van der Waals surface area contributed by atoms with Gasteiger partial charge in [0.2, 0.25) is 0 Å². The lowest BCUT2D eigenvalue weighted by atomic mass is 9.90. The van der Waals surface area contributed by atoms with Crippen LogP contribution in [0.3, 0.4) is 0 Å². The molecule has 1 saturated heterocycles.